The second-order valence-electron chi connectivity index (χ2n) is 6.11. The zero-order valence-corrected chi connectivity index (χ0v) is 15.8. The molecule has 25 heavy (non-hydrogen) atoms. The molecule has 0 spiro atoms. The van der Waals surface area contributed by atoms with Crippen LogP contribution in [0.5, 0.6) is 0 Å². The van der Waals surface area contributed by atoms with Crippen molar-refractivity contribution < 1.29 is 9.59 Å². The summed E-state index contributed by atoms with van der Waals surface area (Å²) < 4.78 is 0. The third-order valence-electron chi connectivity index (χ3n) is 4.30. The first-order valence-corrected chi connectivity index (χ1v) is 8.57. The number of carbonyl (C=O) groups is 2. The van der Waals surface area contributed by atoms with E-state index in [1.165, 1.54) is 6.92 Å². The van der Waals surface area contributed by atoms with Gasteiger partial charge in [-0.3, -0.25) is 9.59 Å². The predicted octanol–water partition coefficient (Wildman–Crippen LogP) is 4.05. The van der Waals surface area contributed by atoms with Crippen molar-refractivity contribution in [1.29, 1.82) is 0 Å². The number of hydrogen-bond donors (Lipinski definition) is 1. The minimum Gasteiger partial charge on any atom is -0.350 e. The van der Waals surface area contributed by atoms with Crippen LogP contribution in [0.25, 0.3) is 0 Å². The number of nitrogens with one attached hydrogen (secondary N) is 1. The summed E-state index contributed by atoms with van der Waals surface area (Å²) in [6.07, 6.45) is 0. The summed E-state index contributed by atoms with van der Waals surface area (Å²) in [7, 11) is 0. The molecule has 0 aliphatic carbocycles. The Morgan fingerprint density at radius 2 is 1.80 bits per heavy atom. The summed E-state index contributed by atoms with van der Waals surface area (Å²) in [6.45, 7) is 8.11. The number of hydrogen-bond acceptors (Lipinski definition) is 2. The molecule has 0 aliphatic rings. The van der Waals surface area contributed by atoms with Gasteiger partial charge in [-0.25, -0.2) is 0 Å². The van der Waals surface area contributed by atoms with Crippen LogP contribution in [-0.2, 0) is 4.79 Å². The lowest BCUT2D eigenvalue weighted by Crippen LogP contribution is -2.38. The van der Waals surface area contributed by atoms with Gasteiger partial charge in [0.05, 0.1) is 0 Å². The zero-order valence-electron chi connectivity index (χ0n) is 15.0. The monoisotopic (exact) mass is 358 g/mol. The molecule has 0 unspecified atom stereocenters. The average molecular weight is 359 g/mol. The molecule has 0 fully saturated rings. The first-order valence-electron chi connectivity index (χ1n) is 8.20. The normalized spacial score (nSPS) is 10.4. The number of benzene rings is 2. The fraction of sp³-hybridized carbons (Fsp3) is 0.300. The fourth-order valence-electron chi connectivity index (χ4n) is 2.60. The van der Waals surface area contributed by atoms with Gasteiger partial charge >= 0.3 is 0 Å². The predicted molar refractivity (Wildman–Crippen MR) is 102 cm³/mol. The van der Waals surface area contributed by atoms with Crippen molar-refractivity contribution in [2.45, 2.75) is 27.7 Å². The van der Waals surface area contributed by atoms with Crippen molar-refractivity contribution in [2.24, 2.45) is 0 Å². The van der Waals surface area contributed by atoms with Crippen LogP contribution in [0.15, 0.2) is 36.4 Å². The third-order valence-corrected chi connectivity index (χ3v) is 4.71. The highest BCUT2D eigenvalue weighted by molar-refractivity contribution is 6.31. The summed E-state index contributed by atoms with van der Waals surface area (Å²) in [5, 5.41) is 3.48. The van der Waals surface area contributed by atoms with E-state index in [0.717, 1.165) is 22.4 Å². The van der Waals surface area contributed by atoms with E-state index in [1.807, 2.05) is 51.1 Å². The molecule has 2 aromatic carbocycles. The Hall–Kier alpha value is -2.33. The van der Waals surface area contributed by atoms with Crippen LogP contribution in [0.4, 0.5) is 5.69 Å². The molecule has 4 nitrogen and oxygen atoms in total. The molecular weight excluding hydrogens is 336 g/mol. The van der Waals surface area contributed by atoms with Crippen LogP contribution in [0.2, 0.25) is 5.02 Å². The Kier molecular flexibility index (Phi) is 6.21. The standard InChI is InChI=1S/C20H23ClN2O2/c1-13-8-9-17(12-14(13)2)20(25)22-10-11-23(16(4)24)19-7-5-6-18(21)15(19)3/h5-9,12H,10-11H2,1-4H3,(H,22,25). The van der Waals surface area contributed by atoms with E-state index in [9.17, 15) is 9.59 Å². The lowest BCUT2D eigenvalue weighted by molar-refractivity contribution is -0.116. The summed E-state index contributed by atoms with van der Waals surface area (Å²) in [4.78, 5) is 25.9. The van der Waals surface area contributed by atoms with Crippen molar-refractivity contribution in [3.05, 3.63) is 63.7 Å². The van der Waals surface area contributed by atoms with E-state index in [1.54, 1.807) is 11.0 Å². The van der Waals surface area contributed by atoms with Gasteiger partial charge in [0, 0.05) is 36.3 Å². The van der Waals surface area contributed by atoms with Crippen LogP contribution in [0.1, 0.15) is 34.0 Å². The van der Waals surface area contributed by atoms with Gasteiger partial charge in [-0.1, -0.05) is 23.7 Å². The molecule has 2 amide bonds. The maximum absolute atomic E-state index is 12.3. The van der Waals surface area contributed by atoms with Crippen molar-refractivity contribution in [1.82, 2.24) is 5.32 Å². The van der Waals surface area contributed by atoms with Crippen LogP contribution < -0.4 is 10.2 Å². The van der Waals surface area contributed by atoms with Gasteiger partial charge in [0.2, 0.25) is 5.91 Å². The Morgan fingerprint density at radius 3 is 2.44 bits per heavy atom. The lowest BCUT2D eigenvalue weighted by Gasteiger charge is -2.23. The topological polar surface area (TPSA) is 49.4 Å². The molecule has 0 aromatic heterocycles. The molecule has 2 aromatic rings. The highest BCUT2D eigenvalue weighted by Crippen LogP contribution is 2.26. The van der Waals surface area contributed by atoms with E-state index >= 15 is 0 Å². The molecule has 0 saturated heterocycles. The molecular formula is C20H23ClN2O2. The second kappa shape index (κ2) is 8.17. The summed E-state index contributed by atoms with van der Waals surface area (Å²) >= 11 is 6.15. The van der Waals surface area contributed by atoms with Crippen molar-refractivity contribution in [3.63, 3.8) is 0 Å². The number of rotatable bonds is 5. The number of aryl methyl sites for hydroxylation is 2. The van der Waals surface area contributed by atoms with Gasteiger partial charge in [0.25, 0.3) is 5.91 Å². The molecule has 0 bridgehead atoms. The Morgan fingerprint density at radius 1 is 1.08 bits per heavy atom. The molecule has 0 saturated carbocycles. The van der Waals surface area contributed by atoms with E-state index in [0.29, 0.717) is 23.7 Å². The number of anilines is 1. The maximum Gasteiger partial charge on any atom is 0.251 e. The molecule has 5 heteroatoms. The molecule has 132 valence electrons. The van der Waals surface area contributed by atoms with Gasteiger partial charge in [0.1, 0.15) is 0 Å². The molecule has 0 heterocycles. The smallest absolute Gasteiger partial charge is 0.251 e. The Bertz CT molecular complexity index is 802. The second-order valence-corrected chi connectivity index (χ2v) is 6.52. The Balaban J connectivity index is 2.04. The van der Waals surface area contributed by atoms with E-state index < -0.39 is 0 Å². The van der Waals surface area contributed by atoms with Crippen molar-refractivity contribution in [3.8, 4) is 0 Å². The van der Waals surface area contributed by atoms with Gasteiger partial charge in [-0.2, -0.15) is 0 Å². The van der Waals surface area contributed by atoms with Crippen LogP contribution in [-0.4, -0.2) is 24.9 Å². The quantitative estimate of drug-likeness (QED) is 0.876. The van der Waals surface area contributed by atoms with Crippen LogP contribution >= 0.6 is 11.6 Å². The summed E-state index contributed by atoms with van der Waals surface area (Å²) in [6, 6.07) is 11.1. The SMILES string of the molecule is CC(=O)N(CCNC(=O)c1ccc(C)c(C)c1)c1cccc(Cl)c1C. The Labute approximate surface area is 153 Å². The molecule has 0 atom stereocenters. The first kappa shape index (κ1) is 19.0. The van der Waals surface area contributed by atoms with Gasteiger partial charge in [-0.05, 0) is 61.7 Å². The third kappa shape index (κ3) is 4.60. The van der Waals surface area contributed by atoms with E-state index in [2.05, 4.69) is 5.32 Å². The van der Waals surface area contributed by atoms with Crippen LogP contribution in [0, 0.1) is 20.8 Å². The number of halogens is 1. The van der Waals surface area contributed by atoms with E-state index in [-0.39, 0.29) is 11.8 Å². The van der Waals surface area contributed by atoms with Crippen molar-refractivity contribution >= 4 is 29.1 Å². The number of carbonyl (C=O) groups excluding carboxylic acids is 2. The van der Waals surface area contributed by atoms with Gasteiger partial charge in [-0.15, -0.1) is 0 Å². The fourth-order valence-corrected chi connectivity index (χ4v) is 2.77. The largest absolute Gasteiger partial charge is 0.350 e. The highest BCUT2D eigenvalue weighted by atomic mass is 35.5. The molecule has 2 rings (SSSR count). The lowest BCUT2D eigenvalue weighted by atomic mass is 10.1. The molecule has 1 N–H and O–H groups in total. The number of nitrogens with zero attached hydrogens (tertiary/aromatic N) is 1. The summed E-state index contributed by atoms with van der Waals surface area (Å²) in [5.41, 5.74) is 4.46. The molecule has 0 aliphatic heterocycles. The van der Waals surface area contributed by atoms with E-state index in [4.69, 9.17) is 11.6 Å². The average Bonchev–Trinajstić information content (AvgIpc) is 2.56. The van der Waals surface area contributed by atoms with Gasteiger partial charge < -0.3 is 10.2 Å². The van der Waals surface area contributed by atoms with Crippen molar-refractivity contribution in [2.75, 3.05) is 18.0 Å². The highest BCUT2D eigenvalue weighted by Gasteiger charge is 2.15. The molecule has 0 radical (unpaired) electrons. The van der Waals surface area contributed by atoms with Gasteiger partial charge in [0.15, 0.2) is 0 Å². The minimum absolute atomic E-state index is 0.0919. The number of amides is 2. The maximum atomic E-state index is 12.3. The van der Waals surface area contributed by atoms with Crippen LogP contribution in [0.3, 0.4) is 0 Å². The zero-order chi connectivity index (χ0) is 18.6. The first-order chi connectivity index (χ1) is 11.8. The minimum atomic E-state index is -0.144. The summed E-state index contributed by atoms with van der Waals surface area (Å²) in [5.74, 6) is -0.236.